The van der Waals surface area contributed by atoms with Crippen molar-refractivity contribution in [3.8, 4) is 0 Å². The molecule has 3 rings (SSSR count). The molecule has 0 radical (unpaired) electrons. The van der Waals surface area contributed by atoms with Crippen molar-refractivity contribution in [1.82, 2.24) is 0 Å². The average Bonchev–Trinajstić information content (AvgIpc) is 2.65. The summed E-state index contributed by atoms with van der Waals surface area (Å²) in [6.45, 7) is 0. The van der Waals surface area contributed by atoms with Crippen molar-refractivity contribution < 1.29 is 18.5 Å². The van der Waals surface area contributed by atoms with Crippen molar-refractivity contribution in [1.29, 1.82) is 0 Å². The van der Waals surface area contributed by atoms with Gasteiger partial charge in [-0.15, -0.1) is 0 Å². The number of hydrogen-bond acceptors (Lipinski definition) is 4. The van der Waals surface area contributed by atoms with E-state index in [1.807, 2.05) is 0 Å². The Kier molecular flexibility index (Phi) is 7.34. The van der Waals surface area contributed by atoms with Gasteiger partial charge in [-0.05, 0) is 0 Å². The van der Waals surface area contributed by atoms with Crippen molar-refractivity contribution >= 4 is 15.4 Å². The molecule has 140 valence electrons. The molecule has 24 heavy (non-hydrogen) atoms. The van der Waals surface area contributed by atoms with Gasteiger partial charge in [0.1, 0.15) is 0 Å². The summed E-state index contributed by atoms with van der Waals surface area (Å²) in [5.41, 5.74) is 1.81. The van der Waals surface area contributed by atoms with Gasteiger partial charge in [-0.25, -0.2) is 0 Å². The maximum absolute atomic E-state index is 11.2. The van der Waals surface area contributed by atoms with Crippen molar-refractivity contribution in [2.45, 2.75) is 113 Å². The third kappa shape index (κ3) is 4.32. The first-order valence-corrected chi connectivity index (χ1v) is 13.5. The van der Waals surface area contributed by atoms with Gasteiger partial charge in [-0.3, -0.25) is 0 Å². The van der Waals surface area contributed by atoms with Gasteiger partial charge < -0.3 is 0 Å². The van der Waals surface area contributed by atoms with Crippen LogP contribution in [0.15, 0.2) is 0 Å². The molecule has 0 aromatic rings. The zero-order valence-electron chi connectivity index (χ0n) is 14.9. The Bertz CT molecular complexity index is 394. The van der Waals surface area contributed by atoms with E-state index in [0.717, 1.165) is 0 Å². The van der Waals surface area contributed by atoms with Gasteiger partial charge in [0, 0.05) is 0 Å². The fraction of sp³-hybridized carbons (Fsp3) is 1.00. The van der Waals surface area contributed by atoms with E-state index in [9.17, 15) is 9.13 Å². The molecule has 0 saturated heterocycles. The van der Waals surface area contributed by atoms with Crippen LogP contribution in [0.1, 0.15) is 96.3 Å². The Labute approximate surface area is 147 Å². The molecule has 3 saturated carbocycles. The van der Waals surface area contributed by atoms with E-state index in [0.29, 0.717) is 17.0 Å². The Morgan fingerprint density at radius 3 is 1.21 bits per heavy atom. The number of hydrogen-bond donors (Lipinski definition) is 0. The summed E-state index contributed by atoms with van der Waals surface area (Å²) >= 11 is 0. The van der Waals surface area contributed by atoms with Gasteiger partial charge in [0.2, 0.25) is 0 Å². The standard InChI is InChI=1S/C18H34O4P2/c19-23(20)21-22-24(16-10-4-1-5-11-16,17-12-6-2-7-13-17)18-14-8-3-9-15-18/h16-18,24H,1-15H2. The molecule has 0 aliphatic heterocycles. The molecule has 6 heteroatoms. The van der Waals surface area contributed by atoms with Gasteiger partial charge in [0.25, 0.3) is 0 Å². The van der Waals surface area contributed by atoms with Crippen LogP contribution in [-0.4, -0.2) is 17.0 Å². The summed E-state index contributed by atoms with van der Waals surface area (Å²) in [5.74, 6) is 0. The van der Waals surface area contributed by atoms with E-state index in [2.05, 4.69) is 0 Å². The van der Waals surface area contributed by atoms with Gasteiger partial charge in [-0.1, -0.05) is 0 Å². The molecule has 3 fully saturated rings. The Morgan fingerprint density at radius 2 is 0.917 bits per heavy atom. The molecule has 3 aliphatic carbocycles. The van der Waals surface area contributed by atoms with Crippen molar-refractivity contribution in [3.63, 3.8) is 0 Å². The molecule has 4 nitrogen and oxygen atoms in total. The molecule has 0 spiro atoms. The molecule has 0 amide bonds. The van der Waals surface area contributed by atoms with E-state index in [1.54, 1.807) is 0 Å². The molecular formula is C18H34O4P2. The van der Waals surface area contributed by atoms with Crippen molar-refractivity contribution in [2.24, 2.45) is 0 Å². The van der Waals surface area contributed by atoms with E-state index >= 15 is 0 Å². The predicted molar refractivity (Wildman–Crippen MR) is 99.4 cm³/mol. The molecule has 0 unspecified atom stereocenters. The maximum atomic E-state index is 11.2. The summed E-state index contributed by atoms with van der Waals surface area (Å²) < 4.78 is 33.5. The molecular weight excluding hydrogens is 342 g/mol. The van der Waals surface area contributed by atoms with Crippen LogP contribution in [0.4, 0.5) is 0 Å². The van der Waals surface area contributed by atoms with Crippen LogP contribution >= 0.6 is 15.4 Å². The molecule has 0 aromatic heterocycles. The van der Waals surface area contributed by atoms with E-state index in [-0.39, 0.29) is 0 Å². The zero-order chi connectivity index (χ0) is 16.8. The first kappa shape index (κ1) is 19.0. The van der Waals surface area contributed by atoms with Crippen LogP contribution in [0.2, 0.25) is 0 Å². The van der Waals surface area contributed by atoms with Crippen LogP contribution in [0.3, 0.4) is 0 Å². The third-order valence-corrected chi connectivity index (χ3v) is 13.2. The first-order chi connectivity index (χ1) is 11.7. The second kappa shape index (κ2) is 9.26. The summed E-state index contributed by atoms with van der Waals surface area (Å²) in [5, 5.41) is 0. The molecule has 0 heterocycles. The Balaban J connectivity index is 1.91. The first-order valence-electron chi connectivity index (χ1n) is 10.2. The zero-order valence-corrected chi connectivity index (χ0v) is 16.8. The summed E-state index contributed by atoms with van der Waals surface area (Å²) in [6, 6.07) is 0. The normalized spacial score (nSPS) is 26.3. The fourth-order valence-electron chi connectivity index (χ4n) is 5.96. The van der Waals surface area contributed by atoms with Crippen LogP contribution in [0.5, 0.6) is 0 Å². The Morgan fingerprint density at radius 1 is 0.583 bits per heavy atom. The van der Waals surface area contributed by atoms with Gasteiger partial charge in [0.15, 0.2) is 0 Å². The van der Waals surface area contributed by atoms with E-state index in [4.69, 9.17) is 9.35 Å². The second-order valence-corrected chi connectivity index (χ2v) is 13.2. The topological polar surface area (TPSA) is 52.6 Å². The molecule has 0 N–H and O–H groups in total. The third-order valence-electron chi connectivity index (χ3n) is 6.97. The minimum atomic E-state index is -2.92. The monoisotopic (exact) mass is 376 g/mol. The summed E-state index contributed by atoms with van der Waals surface area (Å²) in [4.78, 5) is 0. The molecule has 0 aromatic carbocycles. The quantitative estimate of drug-likeness (QED) is 0.294. The summed E-state index contributed by atoms with van der Waals surface area (Å²) in [7, 11) is -5.18. The van der Waals surface area contributed by atoms with Crippen molar-refractivity contribution in [3.05, 3.63) is 0 Å². The number of rotatable bonds is 6. The SMILES string of the molecule is O=P(=O)OO[PH](C1CCCCC1)(C1CCCCC1)C1CCCCC1. The fourth-order valence-corrected chi connectivity index (χ4v) is 13.1. The van der Waals surface area contributed by atoms with Gasteiger partial charge in [-0.2, -0.15) is 0 Å². The predicted octanol–water partition coefficient (Wildman–Crippen LogP) is 6.69. The van der Waals surface area contributed by atoms with E-state index in [1.165, 1.54) is 96.3 Å². The molecule has 3 aliphatic rings. The minimum absolute atomic E-state index is 0.604. The molecule has 0 bridgehead atoms. The van der Waals surface area contributed by atoms with Gasteiger partial charge in [0.05, 0.1) is 0 Å². The Hall–Kier alpha value is 0.250. The summed E-state index contributed by atoms with van der Waals surface area (Å²) in [6.07, 6.45) is 19.1. The van der Waals surface area contributed by atoms with Crippen LogP contribution in [-0.2, 0) is 18.5 Å². The van der Waals surface area contributed by atoms with E-state index < -0.39 is 15.4 Å². The van der Waals surface area contributed by atoms with Crippen LogP contribution < -0.4 is 0 Å². The second-order valence-electron chi connectivity index (χ2n) is 8.24. The van der Waals surface area contributed by atoms with Crippen LogP contribution in [0.25, 0.3) is 0 Å². The molecule has 0 atom stereocenters. The van der Waals surface area contributed by atoms with Gasteiger partial charge >= 0.3 is 147 Å². The van der Waals surface area contributed by atoms with Crippen molar-refractivity contribution in [2.75, 3.05) is 0 Å². The average molecular weight is 376 g/mol. The van der Waals surface area contributed by atoms with Crippen LogP contribution in [0, 0.1) is 0 Å².